The standard InChI is InChI=1S/C12H15ClN2O5S/c1-7(12(17)18)21(19,20)14-10-6-8(4-5-9(10)13)11(16)15(2)3/h4-7,14H,1-3H3,(H,17,18). The number of amides is 1. The van der Waals surface area contributed by atoms with Gasteiger partial charge in [-0.15, -0.1) is 0 Å². The number of anilines is 1. The van der Waals surface area contributed by atoms with Crippen LogP contribution in [0, 0.1) is 0 Å². The van der Waals surface area contributed by atoms with Gasteiger partial charge in [-0.05, 0) is 25.1 Å². The van der Waals surface area contributed by atoms with Gasteiger partial charge in [0.25, 0.3) is 5.91 Å². The molecule has 1 rings (SSSR count). The van der Waals surface area contributed by atoms with Crippen LogP contribution >= 0.6 is 11.6 Å². The first kappa shape index (κ1) is 17.3. The molecule has 0 fully saturated rings. The zero-order valence-corrected chi connectivity index (χ0v) is 13.2. The van der Waals surface area contributed by atoms with Crippen molar-refractivity contribution in [3.05, 3.63) is 28.8 Å². The number of sulfonamides is 1. The maximum Gasteiger partial charge on any atom is 0.323 e. The summed E-state index contributed by atoms with van der Waals surface area (Å²) < 4.78 is 25.8. The van der Waals surface area contributed by atoms with E-state index in [2.05, 4.69) is 4.72 Å². The number of benzene rings is 1. The largest absolute Gasteiger partial charge is 0.480 e. The summed E-state index contributed by atoms with van der Waals surface area (Å²) in [6, 6.07) is 4.07. The van der Waals surface area contributed by atoms with E-state index in [1.165, 1.54) is 23.1 Å². The number of hydrogen-bond acceptors (Lipinski definition) is 4. The average Bonchev–Trinajstić information content (AvgIpc) is 2.39. The van der Waals surface area contributed by atoms with Crippen molar-refractivity contribution < 1.29 is 23.1 Å². The molecule has 1 unspecified atom stereocenters. The van der Waals surface area contributed by atoms with E-state index >= 15 is 0 Å². The van der Waals surface area contributed by atoms with Gasteiger partial charge < -0.3 is 10.0 Å². The molecule has 9 heteroatoms. The maximum absolute atomic E-state index is 11.9. The monoisotopic (exact) mass is 334 g/mol. The first-order valence-electron chi connectivity index (χ1n) is 5.82. The molecule has 0 aliphatic carbocycles. The van der Waals surface area contributed by atoms with Crippen molar-refractivity contribution in [2.45, 2.75) is 12.2 Å². The summed E-state index contributed by atoms with van der Waals surface area (Å²) in [6.45, 7) is 1.04. The second kappa shape index (κ2) is 6.31. The van der Waals surface area contributed by atoms with Crippen molar-refractivity contribution in [3.63, 3.8) is 0 Å². The van der Waals surface area contributed by atoms with E-state index in [4.69, 9.17) is 16.7 Å². The van der Waals surface area contributed by atoms with Gasteiger partial charge in [-0.3, -0.25) is 14.3 Å². The molecule has 1 aromatic rings. The number of carbonyl (C=O) groups is 2. The van der Waals surface area contributed by atoms with Crippen LogP contribution in [-0.4, -0.2) is 49.6 Å². The van der Waals surface area contributed by atoms with Gasteiger partial charge in [0.15, 0.2) is 5.25 Å². The third-order valence-corrected chi connectivity index (χ3v) is 4.65. The summed E-state index contributed by atoms with van der Waals surface area (Å²) in [5, 5.41) is 7.18. The predicted octanol–water partition coefficient (Wildman–Crippen LogP) is 1.26. The Labute approximate surface area is 127 Å². The molecule has 1 amide bonds. The summed E-state index contributed by atoms with van der Waals surface area (Å²) in [5.41, 5.74) is 0.183. The molecule has 0 bridgehead atoms. The fraction of sp³-hybridized carbons (Fsp3) is 0.333. The maximum atomic E-state index is 11.9. The lowest BCUT2D eigenvalue weighted by molar-refractivity contribution is -0.136. The molecule has 1 aromatic carbocycles. The quantitative estimate of drug-likeness (QED) is 0.843. The van der Waals surface area contributed by atoms with E-state index in [9.17, 15) is 18.0 Å². The van der Waals surface area contributed by atoms with Gasteiger partial charge in [0.1, 0.15) is 0 Å². The van der Waals surface area contributed by atoms with Gasteiger partial charge in [-0.25, -0.2) is 8.42 Å². The Balaban J connectivity index is 3.17. The SMILES string of the molecule is CC(C(=O)O)S(=O)(=O)Nc1cc(C(=O)N(C)C)ccc1Cl. The zero-order chi connectivity index (χ0) is 16.4. The van der Waals surface area contributed by atoms with Crippen LogP contribution in [0.15, 0.2) is 18.2 Å². The molecule has 2 N–H and O–H groups in total. The van der Waals surface area contributed by atoms with Crippen LogP contribution in [0.5, 0.6) is 0 Å². The molecule has 0 spiro atoms. The van der Waals surface area contributed by atoms with E-state index in [1.54, 1.807) is 14.1 Å². The number of nitrogens with zero attached hydrogens (tertiary/aromatic N) is 1. The molecule has 0 heterocycles. The predicted molar refractivity (Wildman–Crippen MR) is 79.1 cm³/mol. The smallest absolute Gasteiger partial charge is 0.323 e. The van der Waals surface area contributed by atoms with Crippen molar-refractivity contribution in [3.8, 4) is 0 Å². The highest BCUT2D eigenvalue weighted by Gasteiger charge is 2.28. The van der Waals surface area contributed by atoms with E-state index in [0.717, 1.165) is 6.92 Å². The fourth-order valence-electron chi connectivity index (χ4n) is 1.37. The van der Waals surface area contributed by atoms with Crippen LogP contribution < -0.4 is 4.72 Å². The normalized spacial score (nSPS) is 12.6. The Kier molecular flexibility index (Phi) is 5.19. The molecule has 0 aromatic heterocycles. The van der Waals surface area contributed by atoms with Crippen LogP contribution in [0.2, 0.25) is 5.02 Å². The topological polar surface area (TPSA) is 104 Å². The van der Waals surface area contributed by atoms with Crippen LogP contribution in [0.3, 0.4) is 0 Å². The third kappa shape index (κ3) is 4.08. The molecular formula is C12H15ClN2O5S. The average molecular weight is 335 g/mol. The van der Waals surface area contributed by atoms with Gasteiger partial charge in [0.2, 0.25) is 10.0 Å². The zero-order valence-electron chi connectivity index (χ0n) is 11.6. The molecule has 21 heavy (non-hydrogen) atoms. The van der Waals surface area contributed by atoms with Crippen molar-refractivity contribution in [2.75, 3.05) is 18.8 Å². The minimum Gasteiger partial charge on any atom is -0.480 e. The number of rotatable bonds is 5. The summed E-state index contributed by atoms with van der Waals surface area (Å²) in [4.78, 5) is 23.9. The van der Waals surface area contributed by atoms with Gasteiger partial charge in [-0.2, -0.15) is 0 Å². The Bertz CT molecular complexity index is 672. The first-order valence-corrected chi connectivity index (χ1v) is 7.74. The Morgan fingerprint density at radius 3 is 2.38 bits per heavy atom. The van der Waals surface area contributed by atoms with Gasteiger partial charge >= 0.3 is 5.97 Å². The van der Waals surface area contributed by atoms with Gasteiger partial charge in [0, 0.05) is 19.7 Å². The lowest BCUT2D eigenvalue weighted by Crippen LogP contribution is -2.32. The highest BCUT2D eigenvalue weighted by molar-refractivity contribution is 7.94. The second-order valence-electron chi connectivity index (χ2n) is 4.52. The van der Waals surface area contributed by atoms with Crippen LogP contribution in [0.4, 0.5) is 5.69 Å². The van der Waals surface area contributed by atoms with Crippen LogP contribution in [-0.2, 0) is 14.8 Å². The minimum absolute atomic E-state index is 0.0440. The van der Waals surface area contributed by atoms with Gasteiger partial charge in [-0.1, -0.05) is 11.6 Å². The van der Waals surface area contributed by atoms with Crippen LogP contribution in [0.1, 0.15) is 17.3 Å². The number of nitrogens with one attached hydrogen (secondary N) is 1. The molecule has 1 atom stereocenters. The van der Waals surface area contributed by atoms with Crippen molar-refractivity contribution >= 4 is 39.2 Å². The molecule has 116 valence electrons. The Morgan fingerprint density at radius 1 is 1.33 bits per heavy atom. The van der Waals surface area contributed by atoms with E-state index in [-0.39, 0.29) is 22.2 Å². The second-order valence-corrected chi connectivity index (χ2v) is 6.93. The number of carboxylic acid groups (broad SMARTS) is 1. The number of halogens is 1. The first-order chi connectivity index (χ1) is 9.56. The molecule has 0 saturated heterocycles. The molecule has 0 saturated carbocycles. The third-order valence-electron chi connectivity index (χ3n) is 2.68. The molecule has 0 aliphatic heterocycles. The van der Waals surface area contributed by atoms with Crippen molar-refractivity contribution in [1.29, 1.82) is 0 Å². The van der Waals surface area contributed by atoms with Crippen LogP contribution in [0.25, 0.3) is 0 Å². The molecule has 7 nitrogen and oxygen atoms in total. The minimum atomic E-state index is -4.16. The number of carbonyl (C=O) groups excluding carboxylic acids is 1. The molecule has 0 aliphatic rings. The summed E-state index contributed by atoms with van der Waals surface area (Å²) in [7, 11) is -1.06. The van der Waals surface area contributed by atoms with Crippen molar-refractivity contribution in [1.82, 2.24) is 4.90 Å². The lowest BCUT2D eigenvalue weighted by Gasteiger charge is -2.15. The summed E-state index contributed by atoms with van der Waals surface area (Å²) in [6.07, 6.45) is 0. The Morgan fingerprint density at radius 2 is 1.90 bits per heavy atom. The summed E-state index contributed by atoms with van der Waals surface area (Å²) >= 11 is 5.87. The number of carboxylic acids is 1. The number of hydrogen-bond donors (Lipinski definition) is 2. The highest BCUT2D eigenvalue weighted by Crippen LogP contribution is 2.25. The van der Waals surface area contributed by atoms with E-state index < -0.39 is 21.2 Å². The summed E-state index contributed by atoms with van der Waals surface area (Å²) in [5.74, 6) is -1.82. The molecular weight excluding hydrogens is 320 g/mol. The van der Waals surface area contributed by atoms with E-state index in [0.29, 0.717) is 0 Å². The fourth-order valence-corrected chi connectivity index (χ4v) is 2.51. The van der Waals surface area contributed by atoms with Gasteiger partial charge in [0.05, 0.1) is 10.7 Å². The van der Waals surface area contributed by atoms with Crippen molar-refractivity contribution in [2.24, 2.45) is 0 Å². The lowest BCUT2D eigenvalue weighted by atomic mass is 10.2. The highest BCUT2D eigenvalue weighted by atomic mass is 35.5. The molecule has 0 radical (unpaired) electrons. The number of aliphatic carboxylic acids is 1. The van der Waals surface area contributed by atoms with E-state index in [1.807, 2.05) is 0 Å². The Hall–Kier alpha value is -1.80.